The Bertz CT molecular complexity index is 530. The van der Waals surface area contributed by atoms with Crippen molar-refractivity contribution in [1.29, 1.82) is 0 Å². The van der Waals surface area contributed by atoms with Gasteiger partial charge < -0.3 is 4.90 Å². The number of carbonyl (C=O) groups excluding carboxylic acids is 3. The quantitative estimate of drug-likeness (QED) is 0.729. The molecule has 0 bridgehead atoms. The molecule has 1 N–H and O–H groups in total. The molecule has 1 fully saturated rings. The average Bonchev–Trinajstić information content (AvgIpc) is 2.33. The van der Waals surface area contributed by atoms with Crippen molar-refractivity contribution in [2.75, 3.05) is 6.54 Å². The molecule has 0 aromatic heterocycles. The van der Waals surface area contributed by atoms with E-state index >= 15 is 0 Å². The van der Waals surface area contributed by atoms with E-state index in [2.05, 4.69) is 5.32 Å². The molecule has 1 atom stereocenters. The first-order valence-corrected chi connectivity index (χ1v) is 5.40. The molecule has 3 amide bonds. The van der Waals surface area contributed by atoms with Gasteiger partial charge in [0.15, 0.2) is 0 Å². The summed E-state index contributed by atoms with van der Waals surface area (Å²) in [5.74, 6) is -2.46. The normalized spacial score (nSPS) is 19.7. The molecule has 0 spiro atoms. The Morgan fingerprint density at radius 2 is 2.06 bits per heavy atom. The SMILES string of the molecule is CC1C(=O)NC(=O)CN1C(=O)c1ccccc1F. The molecule has 94 valence electrons. The average molecular weight is 250 g/mol. The fourth-order valence-corrected chi connectivity index (χ4v) is 1.75. The van der Waals surface area contributed by atoms with Crippen molar-refractivity contribution in [3.05, 3.63) is 35.6 Å². The maximum absolute atomic E-state index is 13.5. The number of carbonyl (C=O) groups is 3. The summed E-state index contributed by atoms with van der Waals surface area (Å²) in [4.78, 5) is 35.8. The highest BCUT2D eigenvalue weighted by Crippen LogP contribution is 2.14. The number of nitrogens with one attached hydrogen (secondary N) is 1. The van der Waals surface area contributed by atoms with Gasteiger partial charge in [-0.25, -0.2) is 4.39 Å². The van der Waals surface area contributed by atoms with Gasteiger partial charge in [0.05, 0.1) is 5.56 Å². The van der Waals surface area contributed by atoms with E-state index < -0.39 is 29.6 Å². The van der Waals surface area contributed by atoms with Gasteiger partial charge in [0.2, 0.25) is 11.8 Å². The Morgan fingerprint density at radius 1 is 1.39 bits per heavy atom. The molecule has 1 heterocycles. The summed E-state index contributed by atoms with van der Waals surface area (Å²) in [7, 11) is 0. The van der Waals surface area contributed by atoms with Gasteiger partial charge in [-0.2, -0.15) is 0 Å². The molecular formula is C12H11FN2O3. The van der Waals surface area contributed by atoms with Crippen LogP contribution in [0, 0.1) is 5.82 Å². The van der Waals surface area contributed by atoms with E-state index in [0.29, 0.717) is 0 Å². The number of hydrogen-bond acceptors (Lipinski definition) is 3. The van der Waals surface area contributed by atoms with Crippen molar-refractivity contribution in [3.63, 3.8) is 0 Å². The Labute approximate surface area is 103 Å². The first-order chi connectivity index (χ1) is 8.50. The standard InChI is InChI=1S/C12H11FN2O3/c1-7-11(17)14-10(16)6-15(7)12(18)8-4-2-3-5-9(8)13/h2-5,7H,6H2,1H3,(H,14,16,17). The summed E-state index contributed by atoms with van der Waals surface area (Å²) in [5, 5.41) is 2.11. The molecule has 0 aliphatic carbocycles. The van der Waals surface area contributed by atoms with Crippen LogP contribution in [0.4, 0.5) is 4.39 Å². The lowest BCUT2D eigenvalue weighted by molar-refractivity contribution is -0.138. The minimum atomic E-state index is -0.796. The van der Waals surface area contributed by atoms with Crippen LogP contribution in [0.15, 0.2) is 24.3 Å². The van der Waals surface area contributed by atoms with Crippen molar-refractivity contribution < 1.29 is 18.8 Å². The van der Waals surface area contributed by atoms with Crippen LogP contribution in [-0.2, 0) is 9.59 Å². The molecule has 1 aliphatic rings. The van der Waals surface area contributed by atoms with Gasteiger partial charge in [-0.1, -0.05) is 12.1 Å². The third-order valence-electron chi connectivity index (χ3n) is 2.79. The monoisotopic (exact) mass is 250 g/mol. The van der Waals surface area contributed by atoms with Crippen molar-refractivity contribution in [2.24, 2.45) is 0 Å². The van der Waals surface area contributed by atoms with Crippen LogP contribution in [0.5, 0.6) is 0 Å². The molecule has 5 nitrogen and oxygen atoms in total. The van der Waals surface area contributed by atoms with Crippen LogP contribution in [0.2, 0.25) is 0 Å². The van der Waals surface area contributed by atoms with Crippen LogP contribution >= 0.6 is 0 Å². The second-order valence-electron chi connectivity index (χ2n) is 4.00. The number of piperazine rings is 1. The summed E-state index contributed by atoms with van der Waals surface area (Å²) < 4.78 is 13.5. The highest BCUT2D eigenvalue weighted by Gasteiger charge is 2.34. The first kappa shape index (κ1) is 12.2. The molecule has 1 unspecified atom stereocenters. The number of benzene rings is 1. The minimum absolute atomic E-state index is 0.146. The zero-order chi connectivity index (χ0) is 13.3. The summed E-state index contributed by atoms with van der Waals surface area (Å²) in [6, 6.07) is 4.66. The maximum atomic E-state index is 13.5. The van der Waals surface area contributed by atoms with Gasteiger partial charge in [0.1, 0.15) is 18.4 Å². The Hall–Kier alpha value is -2.24. The lowest BCUT2D eigenvalue weighted by Gasteiger charge is -2.31. The number of hydrogen-bond donors (Lipinski definition) is 1. The number of nitrogens with zero attached hydrogens (tertiary/aromatic N) is 1. The maximum Gasteiger partial charge on any atom is 0.257 e. The van der Waals surface area contributed by atoms with E-state index in [0.717, 1.165) is 11.0 Å². The highest BCUT2D eigenvalue weighted by atomic mass is 19.1. The molecule has 0 saturated carbocycles. The predicted octanol–water partition coefficient (Wildman–Crippen LogP) is 0.313. The number of imide groups is 1. The molecule has 2 rings (SSSR count). The van der Waals surface area contributed by atoms with E-state index in [1.54, 1.807) is 0 Å². The third kappa shape index (κ3) is 2.09. The lowest BCUT2D eigenvalue weighted by atomic mass is 10.1. The predicted molar refractivity (Wildman–Crippen MR) is 60.0 cm³/mol. The van der Waals surface area contributed by atoms with E-state index in [-0.39, 0.29) is 12.1 Å². The zero-order valence-electron chi connectivity index (χ0n) is 9.64. The van der Waals surface area contributed by atoms with Gasteiger partial charge in [0.25, 0.3) is 5.91 Å². The summed E-state index contributed by atoms with van der Waals surface area (Å²) in [6.45, 7) is 1.24. The highest BCUT2D eigenvalue weighted by molar-refractivity contribution is 6.07. The second-order valence-corrected chi connectivity index (χ2v) is 4.00. The van der Waals surface area contributed by atoms with E-state index in [9.17, 15) is 18.8 Å². The smallest absolute Gasteiger partial charge is 0.257 e. The minimum Gasteiger partial charge on any atom is -0.317 e. The van der Waals surface area contributed by atoms with Crippen molar-refractivity contribution in [3.8, 4) is 0 Å². The summed E-state index contributed by atoms with van der Waals surface area (Å²) >= 11 is 0. The van der Waals surface area contributed by atoms with Crippen molar-refractivity contribution in [2.45, 2.75) is 13.0 Å². The Balaban J connectivity index is 2.31. The largest absolute Gasteiger partial charge is 0.317 e. The van der Waals surface area contributed by atoms with Gasteiger partial charge >= 0.3 is 0 Å². The fraction of sp³-hybridized carbons (Fsp3) is 0.250. The molecule has 18 heavy (non-hydrogen) atoms. The summed E-state index contributed by atoms with van der Waals surface area (Å²) in [5.41, 5.74) is -0.146. The molecule has 1 saturated heterocycles. The van der Waals surface area contributed by atoms with Crippen LogP contribution < -0.4 is 5.32 Å². The Morgan fingerprint density at radius 3 is 2.72 bits per heavy atom. The lowest BCUT2D eigenvalue weighted by Crippen LogP contribution is -2.58. The number of amides is 3. The van der Waals surface area contributed by atoms with Gasteiger partial charge in [-0.05, 0) is 19.1 Å². The van der Waals surface area contributed by atoms with Gasteiger partial charge in [0, 0.05) is 0 Å². The first-order valence-electron chi connectivity index (χ1n) is 5.40. The van der Waals surface area contributed by atoms with Crippen molar-refractivity contribution >= 4 is 17.7 Å². The molecule has 0 radical (unpaired) electrons. The molecular weight excluding hydrogens is 239 g/mol. The van der Waals surface area contributed by atoms with Gasteiger partial charge in [-0.15, -0.1) is 0 Å². The van der Waals surface area contributed by atoms with E-state index in [1.165, 1.54) is 25.1 Å². The Kier molecular flexibility index (Phi) is 3.10. The van der Waals surface area contributed by atoms with E-state index in [1.807, 2.05) is 0 Å². The summed E-state index contributed by atoms with van der Waals surface area (Å²) in [6.07, 6.45) is 0. The third-order valence-corrected chi connectivity index (χ3v) is 2.79. The molecule has 1 aliphatic heterocycles. The molecule has 1 aromatic carbocycles. The topological polar surface area (TPSA) is 66.5 Å². The number of halogens is 1. The number of rotatable bonds is 1. The van der Waals surface area contributed by atoms with Crippen LogP contribution in [-0.4, -0.2) is 35.2 Å². The van der Waals surface area contributed by atoms with Gasteiger partial charge in [-0.3, -0.25) is 19.7 Å². The van der Waals surface area contributed by atoms with Crippen LogP contribution in [0.3, 0.4) is 0 Å². The molecule has 1 aromatic rings. The zero-order valence-corrected chi connectivity index (χ0v) is 9.64. The fourth-order valence-electron chi connectivity index (χ4n) is 1.75. The van der Waals surface area contributed by atoms with Crippen molar-refractivity contribution in [1.82, 2.24) is 10.2 Å². The van der Waals surface area contributed by atoms with Crippen LogP contribution in [0.25, 0.3) is 0 Å². The molecule has 6 heteroatoms. The van der Waals surface area contributed by atoms with Crippen LogP contribution in [0.1, 0.15) is 17.3 Å². The van der Waals surface area contributed by atoms with E-state index in [4.69, 9.17) is 0 Å². The second kappa shape index (κ2) is 4.56.